The number of rotatable bonds is 9. The molecule has 0 spiro atoms. The van der Waals surface area contributed by atoms with Crippen molar-refractivity contribution in [2.75, 3.05) is 52.0 Å². The number of ether oxygens (including phenoxy) is 3. The fourth-order valence-electron chi connectivity index (χ4n) is 5.66. The molecule has 5 rings (SSSR count). The van der Waals surface area contributed by atoms with Crippen LogP contribution in [-0.2, 0) is 11.3 Å². The van der Waals surface area contributed by atoms with Gasteiger partial charge in [-0.2, -0.15) is 0 Å². The molecule has 0 unspecified atom stereocenters. The van der Waals surface area contributed by atoms with E-state index in [1.165, 1.54) is 17.0 Å². The Labute approximate surface area is 230 Å². The first-order valence-electron chi connectivity index (χ1n) is 13.2. The summed E-state index contributed by atoms with van der Waals surface area (Å²) in [6.45, 7) is 10.2. The molecule has 2 aromatic heterocycles. The molecule has 9 heteroatoms. The van der Waals surface area contributed by atoms with Crippen LogP contribution in [0.1, 0.15) is 41.1 Å². The first-order chi connectivity index (χ1) is 18.5. The van der Waals surface area contributed by atoms with Crippen molar-refractivity contribution in [3.05, 3.63) is 71.3 Å². The monoisotopic (exact) mass is 535 g/mol. The molecule has 2 saturated heterocycles. The molecule has 2 aliphatic heterocycles. The normalized spacial score (nSPS) is 20.0. The molecule has 0 bridgehead atoms. The molecule has 0 aliphatic carbocycles. The molecule has 1 aromatic carbocycles. The van der Waals surface area contributed by atoms with E-state index >= 15 is 0 Å². The molecule has 8 nitrogen and oxygen atoms in total. The molecule has 1 N–H and O–H groups in total. The third-order valence-corrected chi connectivity index (χ3v) is 7.95. The Balaban J connectivity index is 1.51. The standard InChI is InChI=1S/C29H37N5O3S/c1-20-18-23(21(2)33(20)13-7-12-32-14-16-37-17-15-32)28-27(24-8-5-6-11-30-24)31-29(38)34(28)25-10-9-22(35-3)19-26(25)36-4/h5-6,8-11,18-19,27-28H,7,12-17H2,1-4H3,(H,31,38)/t27-,28-/m0/s1. The lowest BCUT2D eigenvalue weighted by molar-refractivity contribution is 0.0369. The first-order valence-corrected chi connectivity index (χ1v) is 13.6. The zero-order valence-electron chi connectivity index (χ0n) is 22.6. The zero-order valence-corrected chi connectivity index (χ0v) is 23.5. The van der Waals surface area contributed by atoms with Gasteiger partial charge >= 0.3 is 0 Å². The summed E-state index contributed by atoms with van der Waals surface area (Å²) in [5, 5.41) is 4.21. The van der Waals surface area contributed by atoms with Crippen LogP contribution in [0.5, 0.6) is 11.5 Å². The molecule has 2 aliphatic rings. The smallest absolute Gasteiger partial charge is 0.174 e. The van der Waals surface area contributed by atoms with Crippen LogP contribution in [-0.4, -0.2) is 66.6 Å². The highest BCUT2D eigenvalue weighted by Gasteiger charge is 2.43. The first kappa shape index (κ1) is 26.5. The summed E-state index contributed by atoms with van der Waals surface area (Å²) in [5.74, 6) is 1.44. The van der Waals surface area contributed by atoms with E-state index in [4.69, 9.17) is 31.4 Å². The second kappa shape index (κ2) is 11.7. The number of pyridine rings is 1. The lowest BCUT2D eigenvalue weighted by Gasteiger charge is -2.29. The van der Waals surface area contributed by atoms with Crippen LogP contribution in [0.25, 0.3) is 0 Å². The maximum atomic E-state index is 5.95. The third kappa shape index (κ3) is 5.23. The minimum atomic E-state index is -0.113. The topological polar surface area (TPSA) is 64.0 Å². The lowest BCUT2D eigenvalue weighted by Crippen LogP contribution is -2.37. The number of thiocarbonyl (C=S) groups is 1. The Morgan fingerprint density at radius 1 is 1.05 bits per heavy atom. The molecule has 3 aromatic rings. The summed E-state index contributed by atoms with van der Waals surface area (Å²) in [7, 11) is 3.33. The maximum Gasteiger partial charge on any atom is 0.174 e. The van der Waals surface area contributed by atoms with E-state index in [1.807, 2.05) is 36.5 Å². The molecule has 38 heavy (non-hydrogen) atoms. The largest absolute Gasteiger partial charge is 0.497 e. The second-order valence-corrected chi connectivity index (χ2v) is 10.2. The predicted octanol–water partition coefficient (Wildman–Crippen LogP) is 4.42. The van der Waals surface area contributed by atoms with Crippen LogP contribution in [0.4, 0.5) is 5.69 Å². The van der Waals surface area contributed by atoms with Crippen molar-refractivity contribution < 1.29 is 14.2 Å². The van der Waals surface area contributed by atoms with Gasteiger partial charge in [0.1, 0.15) is 11.5 Å². The van der Waals surface area contributed by atoms with Crippen LogP contribution in [0, 0.1) is 13.8 Å². The van der Waals surface area contributed by atoms with E-state index in [1.54, 1.807) is 14.2 Å². The van der Waals surface area contributed by atoms with Crippen LogP contribution in [0.15, 0.2) is 48.7 Å². The summed E-state index contributed by atoms with van der Waals surface area (Å²) in [6, 6.07) is 14.0. The van der Waals surface area contributed by atoms with Gasteiger partial charge in [-0.1, -0.05) is 6.07 Å². The molecule has 2 fully saturated rings. The van der Waals surface area contributed by atoms with E-state index in [2.05, 4.69) is 45.7 Å². The number of anilines is 1. The van der Waals surface area contributed by atoms with Gasteiger partial charge in [0.2, 0.25) is 0 Å². The van der Waals surface area contributed by atoms with E-state index in [9.17, 15) is 0 Å². The highest BCUT2D eigenvalue weighted by Crippen LogP contribution is 2.46. The maximum absolute atomic E-state index is 5.95. The molecule has 4 heterocycles. The number of methoxy groups -OCH3 is 2. The van der Waals surface area contributed by atoms with Crippen LogP contribution < -0.4 is 19.7 Å². The zero-order chi connectivity index (χ0) is 26.6. The van der Waals surface area contributed by atoms with Gasteiger partial charge in [-0.3, -0.25) is 9.88 Å². The Morgan fingerprint density at radius 3 is 2.58 bits per heavy atom. The number of nitrogens with zero attached hydrogens (tertiary/aromatic N) is 4. The van der Waals surface area contributed by atoms with Crippen molar-refractivity contribution in [1.82, 2.24) is 19.8 Å². The Bertz CT molecular complexity index is 1260. The van der Waals surface area contributed by atoms with E-state index in [0.717, 1.165) is 62.9 Å². The van der Waals surface area contributed by atoms with Gasteiger partial charge in [0.25, 0.3) is 0 Å². The van der Waals surface area contributed by atoms with Gasteiger partial charge < -0.3 is 29.0 Å². The van der Waals surface area contributed by atoms with Crippen molar-refractivity contribution >= 4 is 23.0 Å². The molecule has 0 radical (unpaired) electrons. The minimum Gasteiger partial charge on any atom is -0.497 e. The van der Waals surface area contributed by atoms with Crippen molar-refractivity contribution in [3.8, 4) is 11.5 Å². The van der Waals surface area contributed by atoms with Gasteiger partial charge in [0.15, 0.2) is 5.11 Å². The average Bonchev–Trinajstić information content (AvgIpc) is 3.44. The van der Waals surface area contributed by atoms with Gasteiger partial charge in [-0.05, 0) is 68.4 Å². The number of nitrogens with one attached hydrogen (secondary N) is 1. The molecule has 0 amide bonds. The fourth-order valence-corrected chi connectivity index (χ4v) is 6.00. The summed E-state index contributed by atoms with van der Waals surface area (Å²) in [6.07, 6.45) is 2.93. The number of morpholine rings is 1. The quantitative estimate of drug-likeness (QED) is 0.404. The Morgan fingerprint density at radius 2 is 1.87 bits per heavy atom. The van der Waals surface area contributed by atoms with E-state index in [-0.39, 0.29) is 12.1 Å². The SMILES string of the molecule is COc1ccc(N2C(=S)N[C@@H](c3ccccn3)[C@@H]2c2cc(C)n(CCCN3CCOCC3)c2C)c(OC)c1. The number of aromatic nitrogens is 2. The number of aryl methyl sites for hydroxylation is 1. The minimum absolute atomic E-state index is 0.0983. The summed E-state index contributed by atoms with van der Waals surface area (Å²) < 4.78 is 19.2. The van der Waals surface area contributed by atoms with Gasteiger partial charge in [0, 0.05) is 49.8 Å². The molecule has 0 saturated carbocycles. The number of benzene rings is 1. The van der Waals surface area contributed by atoms with Crippen molar-refractivity contribution in [3.63, 3.8) is 0 Å². The van der Waals surface area contributed by atoms with Crippen LogP contribution in [0.2, 0.25) is 0 Å². The Hall–Kier alpha value is -3.14. The molecule has 202 valence electrons. The summed E-state index contributed by atoms with van der Waals surface area (Å²) >= 11 is 5.95. The van der Waals surface area contributed by atoms with Crippen molar-refractivity contribution in [1.29, 1.82) is 0 Å². The van der Waals surface area contributed by atoms with Crippen LogP contribution >= 0.6 is 12.2 Å². The number of hydrogen-bond acceptors (Lipinski definition) is 6. The second-order valence-electron chi connectivity index (χ2n) is 9.82. The van der Waals surface area contributed by atoms with Gasteiger partial charge in [-0.25, -0.2) is 0 Å². The van der Waals surface area contributed by atoms with Gasteiger partial charge in [-0.15, -0.1) is 0 Å². The summed E-state index contributed by atoms with van der Waals surface area (Å²) in [4.78, 5) is 9.37. The highest BCUT2D eigenvalue weighted by molar-refractivity contribution is 7.80. The average molecular weight is 536 g/mol. The van der Waals surface area contributed by atoms with Gasteiger partial charge in [0.05, 0.1) is 50.9 Å². The highest BCUT2D eigenvalue weighted by atomic mass is 32.1. The Kier molecular flexibility index (Phi) is 8.16. The van der Waals surface area contributed by atoms with E-state index in [0.29, 0.717) is 10.9 Å². The molecular weight excluding hydrogens is 498 g/mol. The summed E-state index contributed by atoms with van der Waals surface area (Å²) in [5.41, 5.74) is 5.58. The van der Waals surface area contributed by atoms with Crippen molar-refractivity contribution in [2.24, 2.45) is 0 Å². The van der Waals surface area contributed by atoms with E-state index < -0.39 is 0 Å². The third-order valence-electron chi connectivity index (χ3n) is 7.64. The predicted molar refractivity (Wildman–Crippen MR) is 153 cm³/mol. The van der Waals surface area contributed by atoms with Crippen molar-refractivity contribution in [2.45, 2.75) is 38.9 Å². The lowest BCUT2D eigenvalue weighted by atomic mass is 9.96. The molecule has 2 atom stereocenters. The fraction of sp³-hybridized carbons (Fsp3) is 0.448. The van der Waals surface area contributed by atoms with Crippen LogP contribution in [0.3, 0.4) is 0 Å². The molecular formula is C29H37N5O3S. The number of hydrogen-bond donors (Lipinski definition) is 1.